The summed E-state index contributed by atoms with van der Waals surface area (Å²) in [6.45, 7) is 1.49. The van der Waals surface area contributed by atoms with Crippen molar-refractivity contribution >= 4 is 17.5 Å². The summed E-state index contributed by atoms with van der Waals surface area (Å²) in [7, 11) is 0. The fraction of sp³-hybridized carbons (Fsp3) is 0.200. The second kappa shape index (κ2) is 12.4. The Kier molecular flexibility index (Phi) is 9.19. The van der Waals surface area contributed by atoms with Crippen LogP contribution in [0, 0.1) is 18.6 Å². The third-order valence-electron chi connectivity index (χ3n) is 6.46. The van der Waals surface area contributed by atoms with Crippen molar-refractivity contribution in [2.24, 2.45) is 0 Å². The maximum absolute atomic E-state index is 15.0. The van der Waals surface area contributed by atoms with E-state index in [9.17, 15) is 44.3 Å². The quantitative estimate of drug-likeness (QED) is 0.147. The molecule has 232 valence electrons. The smallest absolute Gasteiger partial charge is 0.428 e. The number of alkyl halides is 7. The van der Waals surface area contributed by atoms with Gasteiger partial charge in [0.2, 0.25) is 0 Å². The van der Waals surface area contributed by atoms with E-state index in [0.717, 1.165) is 12.1 Å². The van der Waals surface area contributed by atoms with Gasteiger partial charge in [-0.05, 0) is 60.0 Å². The maximum atomic E-state index is 15.0. The first-order chi connectivity index (χ1) is 20.5. The average Bonchev–Trinajstić information content (AvgIpc) is 2.91. The van der Waals surface area contributed by atoms with Gasteiger partial charge in [-0.2, -0.15) is 30.7 Å². The normalized spacial score (nSPS) is 13.5. The highest BCUT2D eigenvalue weighted by Gasteiger charge is 2.45. The second-order valence-corrected chi connectivity index (χ2v) is 10.1. The number of nitrogens with one attached hydrogen (secondary N) is 1. The summed E-state index contributed by atoms with van der Waals surface area (Å²) < 4.78 is 129. The Bertz CT molecular complexity index is 1650. The van der Waals surface area contributed by atoms with Gasteiger partial charge in [0.1, 0.15) is 22.5 Å². The van der Waals surface area contributed by atoms with E-state index in [4.69, 9.17) is 11.6 Å². The van der Waals surface area contributed by atoms with Gasteiger partial charge in [0.25, 0.3) is 5.91 Å². The summed E-state index contributed by atoms with van der Waals surface area (Å²) in [5.74, 6) is -5.11. The molecular formula is C30H20ClF9N2O2. The van der Waals surface area contributed by atoms with E-state index in [0.29, 0.717) is 35.9 Å². The van der Waals surface area contributed by atoms with E-state index in [2.05, 4.69) is 15.0 Å². The average molecular weight is 647 g/mol. The summed E-state index contributed by atoms with van der Waals surface area (Å²) >= 11 is 5.99. The third-order valence-corrected chi connectivity index (χ3v) is 6.65. The minimum absolute atomic E-state index is 0.124. The lowest BCUT2D eigenvalue weighted by Gasteiger charge is -2.37. The number of amides is 1. The zero-order valence-corrected chi connectivity index (χ0v) is 23.1. The fourth-order valence-corrected chi connectivity index (χ4v) is 4.82. The Labute approximate surface area is 249 Å². The zero-order chi connectivity index (χ0) is 32.4. The lowest BCUT2D eigenvalue weighted by atomic mass is 9.77. The van der Waals surface area contributed by atoms with Crippen LogP contribution >= 0.6 is 11.6 Å². The minimum Gasteiger partial charge on any atom is -0.428 e. The number of ether oxygens (including phenoxy) is 1. The predicted molar refractivity (Wildman–Crippen MR) is 142 cm³/mol. The summed E-state index contributed by atoms with van der Waals surface area (Å²) in [6.07, 6.45) is -15.1. The summed E-state index contributed by atoms with van der Waals surface area (Å²) in [6, 6.07) is 13.6. The van der Waals surface area contributed by atoms with E-state index in [1.807, 2.05) is 0 Å². The molecular weight excluding hydrogens is 627 g/mol. The Hall–Kier alpha value is -4.26. The molecule has 1 atom stereocenters. The van der Waals surface area contributed by atoms with Crippen LogP contribution in [0.3, 0.4) is 0 Å². The van der Waals surface area contributed by atoms with Gasteiger partial charge in [-0.1, -0.05) is 48.0 Å². The molecule has 4 nitrogen and oxygen atoms in total. The van der Waals surface area contributed by atoms with E-state index in [1.165, 1.54) is 25.1 Å². The van der Waals surface area contributed by atoms with Gasteiger partial charge in [-0.3, -0.25) is 4.79 Å². The number of aromatic nitrogens is 1. The lowest BCUT2D eigenvalue weighted by molar-refractivity contribution is -0.253. The molecule has 1 heterocycles. The molecule has 0 saturated heterocycles. The summed E-state index contributed by atoms with van der Waals surface area (Å²) in [5.41, 5.74) is -4.52. The third kappa shape index (κ3) is 7.26. The number of hydrogen-bond donors (Lipinski definition) is 1. The number of nitrogens with zero attached hydrogens (tertiary/aromatic N) is 1. The van der Waals surface area contributed by atoms with Crippen molar-refractivity contribution in [3.63, 3.8) is 0 Å². The number of carbonyl (C=O) groups is 1. The van der Waals surface area contributed by atoms with Crippen molar-refractivity contribution in [3.05, 3.63) is 129 Å². The van der Waals surface area contributed by atoms with Gasteiger partial charge < -0.3 is 10.1 Å². The van der Waals surface area contributed by atoms with Crippen LogP contribution in [0.2, 0.25) is 5.15 Å². The summed E-state index contributed by atoms with van der Waals surface area (Å²) in [5, 5.41) is 2.42. The van der Waals surface area contributed by atoms with Gasteiger partial charge in [0, 0.05) is 23.7 Å². The van der Waals surface area contributed by atoms with Crippen LogP contribution < -0.4 is 10.1 Å². The minimum atomic E-state index is -5.23. The van der Waals surface area contributed by atoms with Crippen molar-refractivity contribution in [1.82, 2.24) is 10.3 Å². The number of pyridine rings is 1. The molecule has 0 spiro atoms. The molecule has 44 heavy (non-hydrogen) atoms. The Morgan fingerprint density at radius 2 is 1.59 bits per heavy atom. The summed E-state index contributed by atoms with van der Waals surface area (Å²) in [4.78, 5) is 17.6. The van der Waals surface area contributed by atoms with Gasteiger partial charge in [-0.15, -0.1) is 0 Å². The Morgan fingerprint density at radius 1 is 0.909 bits per heavy atom. The number of carbonyl (C=O) groups excluding carboxylic acids is 1. The molecule has 0 aliphatic rings. The molecule has 0 fully saturated rings. The van der Waals surface area contributed by atoms with Gasteiger partial charge in [0.15, 0.2) is 0 Å². The molecule has 3 aromatic carbocycles. The molecule has 0 aliphatic carbocycles. The Morgan fingerprint density at radius 3 is 2.20 bits per heavy atom. The highest BCUT2D eigenvalue weighted by Crippen LogP contribution is 2.41. The highest BCUT2D eigenvalue weighted by molar-refractivity contribution is 6.29. The van der Waals surface area contributed by atoms with Crippen molar-refractivity contribution in [1.29, 1.82) is 0 Å². The number of benzene rings is 3. The number of hydrogen-bond acceptors (Lipinski definition) is 3. The lowest BCUT2D eigenvalue weighted by Crippen LogP contribution is -2.49. The maximum Gasteiger partial charge on any atom is 0.461 e. The van der Waals surface area contributed by atoms with Crippen LogP contribution in [-0.4, -0.2) is 23.4 Å². The van der Waals surface area contributed by atoms with Gasteiger partial charge in [-0.25, -0.2) is 13.8 Å². The fourth-order valence-electron chi connectivity index (χ4n) is 4.56. The largest absolute Gasteiger partial charge is 0.461 e. The molecule has 14 heteroatoms. The number of aryl methyl sites for hydroxylation is 1. The standard InChI is InChI=1S/C30H20ClF9N2O2/c1-16-9-18(10-25(31)41-16)26(43)42-28(15-17-5-3-2-4-6-17,19-7-8-24(33)23(13-19)29(36,37)38)20-11-21(32)14-22(12-20)44-30(39,40)27(34)35/h2-14,27H,15H2,1H3,(H,42,43)/t28-/m1/s1. The van der Waals surface area contributed by atoms with Crippen LogP contribution in [0.4, 0.5) is 39.5 Å². The molecule has 0 unspecified atom stereocenters. The van der Waals surface area contributed by atoms with E-state index in [-0.39, 0.29) is 16.4 Å². The first-order valence-electron chi connectivity index (χ1n) is 12.5. The molecule has 1 aromatic heterocycles. The van der Waals surface area contributed by atoms with Crippen LogP contribution in [0.5, 0.6) is 5.75 Å². The molecule has 4 rings (SSSR count). The predicted octanol–water partition coefficient (Wildman–Crippen LogP) is 8.49. The first-order valence-corrected chi connectivity index (χ1v) is 12.9. The molecule has 4 aromatic rings. The van der Waals surface area contributed by atoms with Crippen LogP contribution in [0.25, 0.3) is 0 Å². The van der Waals surface area contributed by atoms with Crippen LogP contribution in [-0.2, 0) is 18.1 Å². The van der Waals surface area contributed by atoms with E-state index >= 15 is 0 Å². The first kappa shape index (κ1) is 32.6. The molecule has 0 radical (unpaired) electrons. The molecule has 0 bridgehead atoms. The van der Waals surface area contributed by atoms with E-state index < -0.39 is 70.7 Å². The monoisotopic (exact) mass is 646 g/mol. The second-order valence-electron chi connectivity index (χ2n) is 9.67. The molecule has 1 amide bonds. The van der Waals surface area contributed by atoms with Crippen molar-refractivity contribution < 1.29 is 49.0 Å². The van der Waals surface area contributed by atoms with Gasteiger partial charge >= 0.3 is 18.7 Å². The molecule has 0 aliphatic heterocycles. The van der Waals surface area contributed by atoms with E-state index in [1.54, 1.807) is 18.2 Å². The van der Waals surface area contributed by atoms with Crippen LogP contribution in [0.15, 0.2) is 78.9 Å². The number of halogens is 10. The van der Waals surface area contributed by atoms with Crippen molar-refractivity contribution in [3.8, 4) is 5.75 Å². The topological polar surface area (TPSA) is 51.2 Å². The van der Waals surface area contributed by atoms with Gasteiger partial charge in [0.05, 0.1) is 11.1 Å². The molecule has 0 saturated carbocycles. The molecule has 1 N–H and O–H groups in total. The number of rotatable bonds is 9. The van der Waals surface area contributed by atoms with Crippen LogP contribution in [0.1, 0.15) is 38.3 Å². The van der Waals surface area contributed by atoms with Crippen molar-refractivity contribution in [2.45, 2.75) is 37.6 Å². The SMILES string of the molecule is Cc1cc(C(=O)N[C@@](Cc2ccccc2)(c2cc(F)cc(OC(F)(F)C(F)F)c2)c2ccc(F)c(C(F)(F)F)c2)cc(Cl)n1. The Balaban J connectivity index is 2.04. The van der Waals surface area contributed by atoms with Crippen molar-refractivity contribution in [2.75, 3.05) is 0 Å². The zero-order valence-electron chi connectivity index (χ0n) is 22.3. The highest BCUT2D eigenvalue weighted by atomic mass is 35.5.